The maximum Gasteiger partial charge on any atom is 0.230 e. The smallest absolute Gasteiger partial charge is 0.230 e. The molecule has 0 radical (unpaired) electrons. The van der Waals surface area contributed by atoms with Gasteiger partial charge in [0.2, 0.25) is 11.1 Å². The van der Waals surface area contributed by atoms with Crippen molar-refractivity contribution < 1.29 is 4.79 Å². The summed E-state index contributed by atoms with van der Waals surface area (Å²) in [6, 6.07) is 29.6. The van der Waals surface area contributed by atoms with E-state index < -0.39 is 0 Å². The highest BCUT2D eigenvalue weighted by atomic mass is 32.2. The zero-order valence-electron chi connectivity index (χ0n) is 17.1. The Hall–Kier alpha value is -3.51. The second-order valence-electron chi connectivity index (χ2n) is 7.01. The van der Waals surface area contributed by atoms with Gasteiger partial charge in [0.1, 0.15) is 11.4 Å². The lowest BCUT2D eigenvalue weighted by Crippen LogP contribution is -2.28. The Morgan fingerprint density at radius 2 is 1.35 bits per heavy atom. The molecule has 6 heteroatoms. The third-order valence-corrected chi connectivity index (χ3v) is 5.61. The molecule has 5 nitrogen and oxygen atoms in total. The van der Waals surface area contributed by atoms with Crippen molar-refractivity contribution in [3.05, 3.63) is 96.6 Å². The average molecular weight is 427 g/mol. The van der Waals surface area contributed by atoms with E-state index in [-0.39, 0.29) is 17.7 Å². The van der Waals surface area contributed by atoms with Gasteiger partial charge in [-0.2, -0.15) is 0 Å². The van der Waals surface area contributed by atoms with E-state index in [9.17, 15) is 4.79 Å². The molecule has 1 aromatic heterocycles. The Labute approximate surface area is 186 Å². The summed E-state index contributed by atoms with van der Waals surface area (Å²) in [7, 11) is 0. The molecule has 1 atom stereocenters. The fraction of sp³-hybridized carbons (Fsp3) is 0.120. The molecule has 31 heavy (non-hydrogen) atoms. The molecule has 0 bridgehead atoms. The number of aromatic nitrogens is 3. The second kappa shape index (κ2) is 10.00. The fourth-order valence-corrected chi connectivity index (χ4v) is 3.80. The van der Waals surface area contributed by atoms with Gasteiger partial charge in [-0.1, -0.05) is 103 Å². The van der Waals surface area contributed by atoms with Gasteiger partial charge in [0.05, 0.1) is 11.8 Å². The van der Waals surface area contributed by atoms with Crippen molar-refractivity contribution in [2.75, 3.05) is 5.75 Å². The monoisotopic (exact) mass is 426 g/mol. The molecule has 0 spiro atoms. The predicted molar refractivity (Wildman–Crippen MR) is 124 cm³/mol. The van der Waals surface area contributed by atoms with E-state index in [1.165, 1.54) is 11.8 Å². The van der Waals surface area contributed by atoms with E-state index in [1.807, 2.05) is 97.9 Å². The minimum atomic E-state index is -0.0710. The van der Waals surface area contributed by atoms with Crippen LogP contribution in [0.3, 0.4) is 0 Å². The van der Waals surface area contributed by atoms with E-state index in [0.717, 1.165) is 28.1 Å². The Balaban J connectivity index is 1.51. The molecule has 0 aliphatic heterocycles. The summed E-state index contributed by atoms with van der Waals surface area (Å²) in [5.41, 5.74) is 4.45. The van der Waals surface area contributed by atoms with Crippen LogP contribution in [0, 0.1) is 0 Å². The maximum atomic E-state index is 12.4. The van der Waals surface area contributed by atoms with Crippen LogP contribution < -0.4 is 5.32 Å². The fourth-order valence-electron chi connectivity index (χ4n) is 3.20. The van der Waals surface area contributed by atoms with Crippen molar-refractivity contribution in [3.8, 4) is 22.5 Å². The summed E-state index contributed by atoms with van der Waals surface area (Å²) in [6.45, 7) is 1.97. The van der Waals surface area contributed by atoms with Crippen LogP contribution in [-0.2, 0) is 4.79 Å². The molecule has 0 saturated heterocycles. The Morgan fingerprint density at radius 3 is 1.97 bits per heavy atom. The number of benzene rings is 3. The summed E-state index contributed by atoms with van der Waals surface area (Å²) in [5, 5.41) is 12.2. The molecule has 4 rings (SSSR count). The van der Waals surface area contributed by atoms with Gasteiger partial charge in [0, 0.05) is 11.1 Å². The summed E-state index contributed by atoms with van der Waals surface area (Å²) in [5.74, 6) is 0.149. The minimum absolute atomic E-state index is 0.0614. The van der Waals surface area contributed by atoms with Gasteiger partial charge in [-0.25, -0.2) is 4.98 Å². The van der Waals surface area contributed by atoms with Gasteiger partial charge in [-0.15, -0.1) is 10.2 Å². The molecule has 1 unspecified atom stereocenters. The van der Waals surface area contributed by atoms with Crippen LogP contribution in [-0.4, -0.2) is 26.8 Å². The average Bonchev–Trinajstić information content (AvgIpc) is 2.84. The number of rotatable bonds is 7. The molecule has 3 aromatic carbocycles. The highest BCUT2D eigenvalue weighted by molar-refractivity contribution is 7.99. The summed E-state index contributed by atoms with van der Waals surface area (Å²) < 4.78 is 0. The van der Waals surface area contributed by atoms with Crippen LogP contribution in [0.5, 0.6) is 0 Å². The third-order valence-electron chi connectivity index (χ3n) is 4.77. The molecule has 4 aromatic rings. The molecule has 1 amide bonds. The summed E-state index contributed by atoms with van der Waals surface area (Å²) in [4.78, 5) is 17.2. The van der Waals surface area contributed by atoms with Crippen molar-refractivity contribution in [1.82, 2.24) is 20.5 Å². The zero-order chi connectivity index (χ0) is 21.5. The standard InChI is InChI=1S/C25H22N4OS/c1-18(19-11-5-2-6-12-19)26-22(30)17-31-25-27-23(20-13-7-3-8-14-20)24(28-29-25)21-15-9-4-10-16-21/h2-16,18H,17H2,1H3,(H,26,30). The first-order valence-electron chi connectivity index (χ1n) is 10.0. The normalized spacial score (nSPS) is 11.6. The highest BCUT2D eigenvalue weighted by Gasteiger charge is 2.15. The van der Waals surface area contributed by atoms with Gasteiger partial charge >= 0.3 is 0 Å². The predicted octanol–water partition coefficient (Wildman–Crippen LogP) is 5.18. The first kappa shape index (κ1) is 20.8. The number of hydrogen-bond acceptors (Lipinski definition) is 5. The van der Waals surface area contributed by atoms with Crippen molar-refractivity contribution in [2.24, 2.45) is 0 Å². The maximum absolute atomic E-state index is 12.4. The van der Waals surface area contributed by atoms with Gasteiger partial charge in [-0.05, 0) is 12.5 Å². The number of nitrogens with zero attached hydrogens (tertiary/aromatic N) is 3. The number of amides is 1. The van der Waals surface area contributed by atoms with Gasteiger partial charge < -0.3 is 5.32 Å². The van der Waals surface area contributed by atoms with E-state index in [0.29, 0.717) is 5.16 Å². The number of carbonyl (C=O) groups excluding carboxylic acids is 1. The first-order valence-corrected chi connectivity index (χ1v) is 11.0. The van der Waals surface area contributed by atoms with Gasteiger partial charge in [0.25, 0.3) is 0 Å². The van der Waals surface area contributed by atoms with Gasteiger partial charge in [-0.3, -0.25) is 4.79 Å². The van der Waals surface area contributed by atoms with Crippen LogP contribution in [0.2, 0.25) is 0 Å². The molecule has 1 heterocycles. The SMILES string of the molecule is CC(NC(=O)CSc1nnc(-c2ccccc2)c(-c2ccccc2)n1)c1ccccc1. The van der Waals surface area contributed by atoms with E-state index in [2.05, 4.69) is 15.5 Å². The summed E-state index contributed by atoms with van der Waals surface area (Å²) in [6.07, 6.45) is 0. The van der Waals surface area contributed by atoms with Crippen LogP contribution in [0.25, 0.3) is 22.5 Å². The number of carbonyl (C=O) groups is 1. The van der Waals surface area contributed by atoms with Crippen LogP contribution in [0.15, 0.2) is 96.2 Å². The van der Waals surface area contributed by atoms with Crippen LogP contribution in [0.4, 0.5) is 0 Å². The Kier molecular flexibility index (Phi) is 6.69. The van der Waals surface area contributed by atoms with Crippen molar-refractivity contribution >= 4 is 17.7 Å². The van der Waals surface area contributed by atoms with Gasteiger partial charge in [0.15, 0.2) is 0 Å². The molecule has 0 saturated carbocycles. The molecule has 0 aliphatic carbocycles. The molecular weight excluding hydrogens is 404 g/mol. The summed E-state index contributed by atoms with van der Waals surface area (Å²) >= 11 is 1.28. The van der Waals surface area contributed by atoms with Crippen molar-refractivity contribution in [1.29, 1.82) is 0 Å². The first-order chi connectivity index (χ1) is 15.2. The molecule has 1 N–H and O–H groups in total. The third kappa shape index (κ3) is 5.35. The lowest BCUT2D eigenvalue weighted by molar-refractivity contribution is -0.119. The molecular formula is C25H22N4OS. The van der Waals surface area contributed by atoms with E-state index >= 15 is 0 Å². The van der Waals surface area contributed by atoms with Crippen molar-refractivity contribution in [2.45, 2.75) is 18.1 Å². The van der Waals surface area contributed by atoms with Crippen molar-refractivity contribution in [3.63, 3.8) is 0 Å². The number of thioether (sulfide) groups is 1. The largest absolute Gasteiger partial charge is 0.349 e. The highest BCUT2D eigenvalue weighted by Crippen LogP contribution is 2.29. The number of hydrogen-bond donors (Lipinski definition) is 1. The molecule has 154 valence electrons. The van der Waals surface area contributed by atoms with Crippen LogP contribution >= 0.6 is 11.8 Å². The minimum Gasteiger partial charge on any atom is -0.349 e. The van der Waals surface area contributed by atoms with E-state index in [1.54, 1.807) is 0 Å². The molecule has 0 aliphatic rings. The Morgan fingerprint density at radius 1 is 0.806 bits per heavy atom. The Bertz CT molecular complexity index is 1140. The lowest BCUT2D eigenvalue weighted by atomic mass is 10.0. The van der Waals surface area contributed by atoms with Crippen LogP contribution in [0.1, 0.15) is 18.5 Å². The zero-order valence-corrected chi connectivity index (χ0v) is 17.9. The molecule has 0 fully saturated rings. The number of nitrogens with one attached hydrogen (secondary N) is 1. The van der Waals surface area contributed by atoms with E-state index in [4.69, 9.17) is 4.98 Å². The lowest BCUT2D eigenvalue weighted by Gasteiger charge is -2.14. The topological polar surface area (TPSA) is 67.8 Å². The second-order valence-corrected chi connectivity index (χ2v) is 7.95. The quantitative estimate of drug-likeness (QED) is 0.413.